The van der Waals surface area contributed by atoms with Crippen LogP contribution in [0.1, 0.15) is 24.0 Å². The molecule has 1 aliphatic heterocycles. The van der Waals surface area contributed by atoms with Gasteiger partial charge in [-0.15, -0.1) is 11.3 Å². The highest BCUT2D eigenvalue weighted by Crippen LogP contribution is 2.32. The Hall–Kier alpha value is -3.11. The molecule has 12 heteroatoms. The molecule has 150 valence electrons. The Morgan fingerprint density at radius 1 is 1.34 bits per heavy atom. The van der Waals surface area contributed by atoms with Crippen molar-refractivity contribution in [3.63, 3.8) is 0 Å². The number of hydrogen-bond acceptors (Lipinski definition) is 10. The zero-order chi connectivity index (χ0) is 20.5. The quantitative estimate of drug-likeness (QED) is 0.394. The van der Waals surface area contributed by atoms with E-state index in [1.54, 1.807) is 18.5 Å². The summed E-state index contributed by atoms with van der Waals surface area (Å²) in [7, 11) is 0. The van der Waals surface area contributed by atoms with Gasteiger partial charge in [0.05, 0.1) is 6.33 Å². The lowest BCUT2D eigenvalue weighted by Crippen LogP contribution is -2.42. The molecule has 0 aromatic carbocycles. The highest BCUT2D eigenvalue weighted by Gasteiger charge is 2.47. The average Bonchev–Trinajstić information content (AvgIpc) is 3.41. The van der Waals surface area contributed by atoms with Gasteiger partial charge in [0, 0.05) is 18.1 Å². The Morgan fingerprint density at radius 3 is 2.90 bits per heavy atom. The van der Waals surface area contributed by atoms with Crippen LogP contribution in [0, 0.1) is 11.8 Å². The zero-order valence-electron chi connectivity index (χ0n) is 15.2. The molecule has 1 saturated heterocycles. The van der Waals surface area contributed by atoms with Gasteiger partial charge >= 0.3 is 0 Å². The lowest BCUT2D eigenvalue weighted by molar-refractivity contribution is -0.137. The number of likely N-dealkylation sites (N-methyl/N-ethyl adjacent to an activating group) is 1. The maximum absolute atomic E-state index is 12.1. The summed E-state index contributed by atoms with van der Waals surface area (Å²) >= 11 is 1.37. The van der Waals surface area contributed by atoms with Crippen LogP contribution in [0.15, 0.2) is 17.9 Å². The van der Waals surface area contributed by atoms with Crippen LogP contribution in [-0.2, 0) is 9.53 Å². The molecular weight excluding hydrogens is 398 g/mol. The minimum Gasteiger partial charge on any atom is -0.387 e. The third-order valence-electron chi connectivity index (χ3n) is 4.28. The standard InChI is InChI=1S/C17H17N7O4S/c1-2-19-16(27)13-11(25)12(26)17(28-13)24-7-21-10-14(18)22-8(23-15(10)24)3-4-9-20-5-6-29-9/h5-7,11-13,17,25-26H,2H2,1H3,(H,19,27)(H2,18,22,23)/t11-,12+,13-,17+/m0/s1. The van der Waals surface area contributed by atoms with Crippen LogP contribution >= 0.6 is 11.3 Å². The maximum Gasteiger partial charge on any atom is 0.252 e. The Bertz CT molecular complexity index is 1100. The van der Waals surface area contributed by atoms with Crippen molar-refractivity contribution < 1.29 is 19.7 Å². The number of carbonyl (C=O) groups excluding carboxylic acids is 1. The van der Waals surface area contributed by atoms with Gasteiger partial charge in [-0.05, 0) is 18.8 Å². The molecule has 4 heterocycles. The highest BCUT2D eigenvalue weighted by molar-refractivity contribution is 7.10. The van der Waals surface area contributed by atoms with Crippen LogP contribution < -0.4 is 11.1 Å². The van der Waals surface area contributed by atoms with E-state index in [0.717, 1.165) is 0 Å². The lowest BCUT2D eigenvalue weighted by atomic mass is 10.1. The number of nitrogen functional groups attached to an aromatic ring is 1. The largest absolute Gasteiger partial charge is 0.387 e. The van der Waals surface area contributed by atoms with Gasteiger partial charge in [0.25, 0.3) is 5.91 Å². The van der Waals surface area contributed by atoms with Crippen molar-refractivity contribution in [1.29, 1.82) is 0 Å². The van der Waals surface area contributed by atoms with E-state index >= 15 is 0 Å². The molecule has 0 saturated carbocycles. The Balaban J connectivity index is 1.70. The number of nitrogens with zero attached hydrogens (tertiary/aromatic N) is 5. The molecule has 0 unspecified atom stereocenters. The van der Waals surface area contributed by atoms with E-state index in [9.17, 15) is 15.0 Å². The van der Waals surface area contributed by atoms with E-state index < -0.39 is 30.4 Å². The van der Waals surface area contributed by atoms with Gasteiger partial charge in [-0.3, -0.25) is 9.36 Å². The summed E-state index contributed by atoms with van der Waals surface area (Å²) in [6, 6.07) is 0. The zero-order valence-corrected chi connectivity index (χ0v) is 16.0. The number of nitrogens with one attached hydrogen (secondary N) is 1. The molecule has 0 aliphatic carbocycles. The van der Waals surface area contributed by atoms with Gasteiger partial charge in [0.1, 0.15) is 17.7 Å². The second kappa shape index (κ2) is 7.72. The van der Waals surface area contributed by atoms with Gasteiger partial charge in [-0.1, -0.05) is 0 Å². The number of carbonyl (C=O) groups is 1. The Kier molecular flexibility index (Phi) is 5.12. The van der Waals surface area contributed by atoms with E-state index in [2.05, 4.69) is 37.1 Å². The SMILES string of the molecule is CCNC(=O)[C@H]1O[C@@H](n2cnc3c(N)nc(C#Cc4nccs4)nc32)[C@H](O)[C@@H]1O. The Morgan fingerprint density at radius 2 is 2.17 bits per heavy atom. The van der Waals surface area contributed by atoms with Crippen LogP contribution in [-0.4, -0.2) is 65.5 Å². The molecule has 1 aliphatic rings. The number of ether oxygens (including phenoxy) is 1. The average molecular weight is 415 g/mol. The molecule has 29 heavy (non-hydrogen) atoms. The molecule has 0 spiro atoms. The van der Waals surface area contributed by atoms with Crippen molar-refractivity contribution >= 4 is 34.2 Å². The number of thiazole rings is 1. The maximum atomic E-state index is 12.1. The first-order chi connectivity index (χ1) is 14.0. The predicted octanol–water partition coefficient (Wildman–Crippen LogP) is -0.980. The van der Waals surface area contributed by atoms with Crippen LogP contribution in [0.25, 0.3) is 11.2 Å². The van der Waals surface area contributed by atoms with E-state index in [0.29, 0.717) is 11.6 Å². The first-order valence-corrected chi connectivity index (χ1v) is 9.58. The fraction of sp³-hybridized carbons (Fsp3) is 0.353. The number of imidazole rings is 1. The van der Waals surface area contributed by atoms with Gasteiger partial charge < -0.3 is 26.0 Å². The Labute approximate surface area is 168 Å². The van der Waals surface area contributed by atoms with Crippen molar-refractivity contribution in [2.75, 3.05) is 12.3 Å². The molecule has 0 bridgehead atoms. The monoisotopic (exact) mass is 415 g/mol. The minimum atomic E-state index is -1.41. The van der Waals surface area contributed by atoms with Crippen LogP contribution in [0.5, 0.6) is 0 Å². The molecule has 3 aromatic heterocycles. The number of aliphatic hydroxyl groups is 2. The predicted molar refractivity (Wildman–Crippen MR) is 102 cm³/mol. The highest BCUT2D eigenvalue weighted by atomic mass is 32.1. The van der Waals surface area contributed by atoms with Gasteiger partial charge in [-0.2, -0.15) is 0 Å². The van der Waals surface area contributed by atoms with Crippen molar-refractivity contribution in [1.82, 2.24) is 29.8 Å². The van der Waals surface area contributed by atoms with Crippen LogP contribution in [0.4, 0.5) is 5.82 Å². The summed E-state index contributed by atoms with van der Waals surface area (Å²) in [4.78, 5) is 28.8. The van der Waals surface area contributed by atoms with Crippen molar-refractivity contribution in [3.05, 3.63) is 28.7 Å². The third-order valence-corrected chi connectivity index (χ3v) is 4.97. The van der Waals surface area contributed by atoms with Crippen LogP contribution in [0.2, 0.25) is 0 Å². The number of rotatable bonds is 3. The fourth-order valence-corrected chi connectivity index (χ4v) is 3.44. The topological polar surface area (TPSA) is 161 Å². The molecular formula is C17H17N7O4S. The first kappa shape index (κ1) is 19.2. The summed E-state index contributed by atoms with van der Waals surface area (Å²) in [6.07, 6.45) is -2.10. The van der Waals surface area contributed by atoms with E-state index in [1.165, 1.54) is 22.2 Å². The molecule has 3 aromatic rings. The summed E-state index contributed by atoms with van der Waals surface area (Å²) in [6.45, 7) is 2.11. The number of amides is 1. The summed E-state index contributed by atoms with van der Waals surface area (Å²) in [5, 5.41) is 25.6. The first-order valence-electron chi connectivity index (χ1n) is 8.70. The number of aromatic nitrogens is 5. The van der Waals surface area contributed by atoms with Crippen LogP contribution in [0.3, 0.4) is 0 Å². The van der Waals surface area contributed by atoms with Gasteiger partial charge in [0.15, 0.2) is 28.8 Å². The number of anilines is 1. The summed E-state index contributed by atoms with van der Waals surface area (Å²) < 4.78 is 7.01. The lowest BCUT2D eigenvalue weighted by Gasteiger charge is -2.16. The van der Waals surface area contributed by atoms with Gasteiger partial charge in [0.2, 0.25) is 5.82 Å². The summed E-state index contributed by atoms with van der Waals surface area (Å²) in [5.41, 5.74) is 6.52. The van der Waals surface area contributed by atoms with Crippen molar-refractivity contribution in [2.24, 2.45) is 0 Å². The van der Waals surface area contributed by atoms with Crippen molar-refractivity contribution in [2.45, 2.75) is 31.5 Å². The second-order valence-corrected chi connectivity index (χ2v) is 7.06. The number of aliphatic hydroxyl groups excluding tert-OH is 2. The third kappa shape index (κ3) is 3.52. The van der Waals surface area contributed by atoms with E-state index in [1.807, 2.05) is 0 Å². The minimum absolute atomic E-state index is 0.102. The molecule has 5 N–H and O–H groups in total. The van der Waals surface area contributed by atoms with E-state index in [4.69, 9.17) is 10.5 Å². The molecule has 11 nitrogen and oxygen atoms in total. The second-order valence-electron chi connectivity index (χ2n) is 6.17. The molecule has 0 radical (unpaired) electrons. The summed E-state index contributed by atoms with van der Waals surface area (Å²) in [5.74, 6) is 5.35. The number of nitrogens with two attached hydrogens (primary N) is 1. The van der Waals surface area contributed by atoms with Crippen molar-refractivity contribution in [3.8, 4) is 11.8 Å². The van der Waals surface area contributed by atoms with Gasteiger partial charge in [-0.25, -0.2) is 19.9 Å². The molecule has 1 fully saturated rings. The fourth-order valence-electron chi connectivity index (χ4n) is 2.96. The van der Waals surface area contributed by atoms with E-state index in [-0.39, 0.29) is 22.8 Å². The number of hydrogen-bond donors (Lipinski definition) is 4. The molecule has 4 atom stereocenters. The molecule has 4 rings (SSSR count). The smallest absolute Gasteiger partial charge is 0.252 e. The number of fused-ring (bicyclic) bond motifs is 1. The normalized spacial score (nSPS) is 23.7. The molecule has 1 amide bonds.